The highest BCUT2D eigenvalue weighted by Crippen LogP contribution is 2.16. The Morgan fingerprint density at radius 1 is 1.25 bits per heavy atom. The van der Waals surface area contributed by atoms with Gasteiger partial charge < -0.3 is 14.8 Å². The summed E-state index contributed by atoms with van der Waals surface area (Å²) in [4.78, 5) is 23.2. The van der Waals surface area contributed by atoms with E-state index < -0.39 is 17.9 Å². The predicted octanol–water partition coefficient (Wildman–Crippen LogP) is 2.40. The molecule has 0 saturated heterocycles. The second-order valence-corrected chi connectivity index (χ2v) is 4.32. The molecule has 1 unspecified atom stereocenters. The quantitative estimate of drug-likeness (QED) is 0.876. The largest absolute Gasteiger partial charge is 0.479 e. The lowest BCUT2D eigenvalue weighted by atomic mass is 10.0. The van der Waals surface area contributed by atoms with Crippen molar-refractivity contribution in [3.8, 4) is 0 Å². The van der Waals surface area contributed by atoms with Gasteiger partial charge in [0.1, 0.15) is 0 Å². The number of aliphatic carboxylic acids is 1. The molecule has 1 atom stereocenters. The summed E-state index contributed by atoms with van der Waals surface area (Å²) in [5, 5.41) is 11.7. The molecule has 0 saturated carbocycles. The smallest absolute Gasteiger partial charge is 0.330 e. The Bertz CT molecular complexity index is 587. The summed E-state index contributed by atoms with van der Waals surface area (Å²) in [6.45, 7) is 2.02. The normalized spacial score (nSPS) is 11.8. The summed E-state index contributed by atoms with van der Waals surface area (Å²) in [6, 6.07) is 9.07. The molecule has 1 amide bonds. The van der Waals surface area contributed by atoms with Crippen molar-refractivity contribution in [1.82, 2.24) is 5.32 Å². The first kappa shape index (κ1) is 13.9. The van der Waals surface area contributed by atoms with E-state index in [-0.39, 0.29) is 5.76 Å². The van der Waals surface area contributed by atoms with E-state index in [0.717, 1.165) is 12.0 Å². The minimum Gasteiger partial charge on any atom is -0.479 e. The van der Waals surface area contributed by atoms with Crippen molar-refractivity contribution in [2.45, 2.75) is 19.4 Å². The molecular weight excluding hydrogens is 258 g/mol. The Balaban J connectivity index is 2.18. The number of carboxylic acid groups (broad SMARTS) is 1. The van der Waals surface area contributed by atoms with Gasteiger partial charge in [0.25, 0.3) is 5.91 Å². The van der Waals surface area contributed by atoms with Crippen molar-refractivity contribution in [3.63, 3.8) is 0 Å². The van der Waals surface area contributed by atoms with Gasteiger partial charge in [0, 0.05) is 0 Å². The standard InChI is InChI=1S/C15H15NO4/c1-2-10-5-7-11(8-6-10)13(15(18)19)16-14(17)12-4-3-9-20-12/h3-9,13H,2H2,1H3,(H,16,17)(H,18,19). The highest BCUT2D eigenvalue weighted by atomic mass is 16.4. The van der Waals surface area contributed by atoms with Crippen LogP contribution < -0.4 is 5.32 Å². The lowest BCUT2D eigenvalue weighted by Gasteiger charge is -2.14. The molecule has 1 aromatic heterocycles. The van der Waals surface area contributed by atoms with Gasteiger partial charge in [0.05, 0.1) is 6.26 Å². The maximum Gasteiger partial charge on any atom is 0.330 e. The predicted molar refractivity (Wildman–Crippen MR) is 72.4 cm³/mol. The van der Waals surface area contributed by atoms with E-state index in [0.29, 0.717) is 5.56 Å². The third-order valence-electron chi connectivity index (χ3n) is 2.99. The van der Waals surface area contributed by atoms with E-state index in [1.165, 1.54) is 12.3 Å². The Hall–Kier alpha value is -2.56. The fraction of sp³-hybridized carbons (Fsp3) is 0.200. The van der Waals surface area contributed by atoms with Gasteiger partial charge >= 0.3 is 5.97 Å². The van der Waals surface area contributed by atoms with Crippen LogP contribution in [0.2, 0.25) is 0 Å². The molecule has 2 aromatic rings. The van der Waals surface area contributed by atoms with Gasteiger partial charge in [0.2, 0.25) is 0 Å². The van der Waals surface area contributed by atoms with Crippen molar-refractivity contribution in [1.29, 1.82) is 0 Å². The lowest BCUT2D eigenvalue weighted by molar-refractivity contribution is -0.139. The Morgan fingerprint density at radius 2 is 1.95 bits per heavy atom. The van der Waals surface area contributed by atoms with Crippen LogP contribution in [0.25, 0.3) is 0 Å². The highest BCUT2D eigenvalue weighted by molar-refractivity contribution is 5.94. The molecule has 1 heterocycles. The van der Waals surface area contributed by atoms with Gasteiger partial charge in [-0.15, -0.1) is 0 Å². The number of aryl methyl sites for hydroxylation is 1. The van der Waals surface area contributed by atoms with Gasteiger partial charge in [-0.2, -0.15) is 0 Å². The van der Waals surface area contributed by atoms with E-state index in [4.69, 9.17) is 4.42 Å². The van der Waals surface area contributed by atoms with E-state index >= 15 is 0 Å². The minimum atomic E-state index is -1.12. The molecule has 2 rings (SSSR count). The first-order chi connectivity index (χ1) is 9.61. The molecule has 0 bridgehead atoms. The number of nitrogens with one attached hydrogen (secondary N) is 1. The molecule has 0 spiro atoms. The third kappa shape index (κ3) is 3.06. The maximum atomic E-state index is 11.8. The number of furan rings is 1. The first-order valence-corrected chi connectivity index (χ1v) is 6.28. The summed E-state index contributed by atoms with van der Waals surface area (Å²) in [5.41, 5.74) is 1.63. The number of carbonyl (C=O) groups excluding carboxylic acids is 1. The minimum absolute atomic E-state index is 0.0847. The zero-order chi connectivity index (χ0) is 14.5. The fourth-order valence-electron chi connectivity index (χ4n) is 1.84. The Morgan fingerprint density at radius 3 is 2.45 bits per heavy atom. The van der Waals surface area contributed by atoms with E-state index in [9.17, 15) is 14.7 Å². The van der Waals surface area contributed by atoms with E-state index in [1.54, 1.807) is 18.2 Å². The zero-order valence-electron chi connectivity index (χ0n) is 11.0. The SMILES string of the molecule is CCc1ccc(C(NC(=O)c2ccco2)C(=O)O)cc1. The Labute approximate surface area is 116 Å². The molecule has 5 heteroatoms. The number of rotatable bonds is 5. The van der Waals surface area contributed by atoms with Crippen molar-refractivity contribution >= 4 is 11.9 Å². The summed E-state index contributed by atoms with van der Waals surface area (Å²) in [6.07, 6.45) is 2.23. The van der Waals surface area contributed by atoms with Crippen LogP contribution in [0.3, 0.4) is 0 Å². The molecule has 104 valence electrons. The second kappa shape index (κ2) is 6.06. The summed E-state index contributed by atoms with van der Waals surface area (Å²) in [5.74, 6) is -1.59. The maximum absolute atomic E-state index is 11.8. The van der Waals surface area contributed by atoms with Crippen LogP contribution in [0.4, 0.5) is 0 Å². The first-order valence-electron chi connectivity index (χ1n) is 6.28. The van der Waals surface area contributed by atoms with Crippen molar-refractivity contribution in [2.75, 3.05) is 0 Å². The van der Waals surface area contributed by atoms with Crippen molar-refractivity contribution < 1.29 is 19.1 Å². The number of carbonyl (C=O) groups is 2. The average Bonchev–Trinajstić information content (AvgIpc) is 2.98. The molecule has 0 aliphatic carbocycles. The van der Waals surface area contributed by atoms with Gasteiger partial charge in [-0.05, 0) is 29.7 Å². The van der Waals surface area contributed by atoms with Crippen LogP contribution >= 0.6 is 0 Å². The fourth-order valence-corrected chi connectivity index (χ4v) is 1.84. The van der Waals surface area contributed by atoms with Crippen molar-refractivity contribution in [2.24, 2.45) is 0 Å². The van der Waals surface area contributed by atoms with Gasteiger partial charge in [-0.1, -0.05) is 31.2 Å². The third-order valence-corrected chi connectivity index (χ3v) is 2.99. The summed E-state index contributed by atoms with van der Waals surface area (Å²) in [7, 11) is 0. The van der Waals surface area contributed by atoms with Crippen molar-refractivity contribution in [3.05, 3.63) is 59.5 Å². The average molecular weight is 273 g/mol. The van der Waals surface area contributed by atoms with Gasteiger partial charge in [-0.3, -0.25) is 4.79 Å². The monoisotopic (exact) mass is 273 g/mol. The molecule has 0 fully saturated rings. The molecule has 0 aliphatic heterocycles. The van der Waals surface area contributed by atoms with Crippen LogP contribution in [0, 0.1) is 0 Å². The highest BCUT2D eigenvalue weighted by Gasteiger charge is 2.23. The van der Waals surface area contributed by atoms with Crippen LogP contribution in [0.5, 0.6) is 0 Å². The lowest BCUT2D eigenvalue weighted by Crippen LogP contribution is -2.33. The van der Waals surface area contributed by atoms with Crippen LogP contribution in [-0.4, -0.2) is 17.0 Å². The molecular formula is C15H15NO4. The second-order valence-electron chi connectivity index (χ2n) is 4.32. The van der Waals surface area contributed by atoms with E-state index in [2.05, 4.69) is 5.32 Å². The molecule has 20 heavy (non-hydrogen) atoms. The summed E-state index contributed by atoms with van der Waals surface area (Å²) >= 11 is 0. The number of benzene rings is 1. The van der Waals surface area contributed by atoms with Gasteiger partial charge in [0.15, 0.2) is 11.8 Å². The number of hydrogen-bond acceptors (Lipinski definition) is 3. The van der Waals surface area contributed by atoms with Crippen LogP contribution in [0.15, 0.2) is 47.1 Å². The molecule has 0 aliphatic rings. The summed E-state index contributed by atoms with van der Waals surface area (Å²) < 4.78 is 4.94. The van der Waals surface area contributed by atoms with Crippen LogP contribution in [0.1, 0.15) is 34.6 Å². The topological polar surface area (TPSA) is 79.5 Å². The molecule has 5 nitrogen and oxygen atoms in total. The van der Waals surface area contributed by atoms with Crippen LogP contribution in [-0.2, 0) is 11.2 Å². The zero-order valence-corrected chi connectivity index (χ0v) is 11.0. The van der Waals surface area contributed by atoms with E-state index in [1.807, 2.05) is 19.1 Å². The molecule has 0 radical (unpaired) electrons. The number of carboxylic acids is 1. The molecule has 1 aromatic carbocycles. The number of amides is 1. The number of hydrogen-bond donors (Lipinski definition) is 2. The Kier molecular flexibility index (Phi) is 4.20. The van der Waals surface area contributed by atoms with Gasteiger partial charge in [-0.25, -0.2) is 4.79 Å². The molecule has 2 N–H and O–H groups in total.